The highest BCUT2D eigenvalue weighted by Crippen LogP contribution is 2.23. The molecule has 0 radical (unpaired) electrons. The van der Waals surface area contributed by atoms with Gasteiger partial charge in [0.1, 0.15) is 5.82 Å². The molecule has 0 aliphatic carbocycles. The normalized spacial score (nSPS) is 10.6. The van der Waals surface area contributed by atoms with Crippen LogP contribution in [0.2, 0.25) is 0 Å². The lowest BCUT2D eigenvalue weighted by Crippen LogP contribution is -2.08. The number of halogens is 2. The van der Waals surface area contributed by atoms with Gasteiger partial charge in [0.05, 0.1) is 13.0 Å². The molecular formula is C10H8FIN4O2. The molecule has 0 aliphatic rings. The van der Waals surface area contributed by atoms with Gasteiger partial charge in [-0.05, 0) is 51.2 Å². The average Bonchev–Trinajstić information content (AvgIpc) is 2.74. The van der Waals surface area contributed by atoms with Gasteiger partial charge >= 0.3 is 5.97 Å². The summed E-state index contributed by atoms with van der Waals surface area (Å²) < 4.78 is 15.1. The van der Waals surface area contributed by atoms with Crippen LogP contribution >= 0.6 is 22.6 Å². The zero-order valence-electron chi connectivity index (χ0n) is 9.05. The number of aryl methyl sites for hydroxylation is 1. The van der Waals surface area contributed by atoms with Gasteiger partial charge in [-0.2, -0.15) is 0 Å². The van der Waals surface area contributed by atoms with Crippen molar-refractivity contribution in [2.45, 2.75) is 13.0 Å². The predicted octanol–water partition coefficient (Wildman–Crippen LogP) is 1.56. The van der Waals surface area contributed by atoms with Crippen LogP contribution in [0, 0.1) is 9.39 Å². The second kappa shape index (κ2) is 5.38. The maximum Gasteiger partial charge on any atom is 0.305 e. The monoisotopic (exact) mass is 362 g/mol. The number of carboxylic acid groups (broad SMARTS) is 1. The van der Waals surface area contributed by atoms with E-state index in [2.05, 4.69) is 15.5 Å². The first-order valence-corrected chi connectivity index (χ1v) is 6.09. The van der Waals surface area contributed by atoms with Gasteiger partial charge in [-0.25, -0.2) is 9.07 Å². The molecule has 0 bridgehead atoms. The summed E-state index contributed by atoms with van der Waals surface area (Å²) in [6, 6.07) is 4.25. The van der Waals surface area contributed by atoms with E-state index in [-0.39, 0.29) is 18.8 Å². The molecule has 18 heavy (non-hydrogen) atoms. The Kier molecular flexibility index (Phi) is 3.84. The smallest absolute Gasteiger partial charge is 0.305 e. The Hall–Kier alpha value is -1.58. The number of hydrogen-bond acceptors (Lipinski definition) is 4. The van der Waals surface area contributed by atoms with Crippen LogP contribution in [0.1, 0.15) is 6.42 Å². The first-order valence-electron chi connectivity index (χ1n) is 5.01. The number of nitrogens with zero attached hydrogens (tertiary/aromatic N) is 4. The maximum absolute atomic E-state index is 13.0. The zero-order chi connectivity index (χ0) is 13.1. The van der Waals surface area contributed by atoms with E-state index in [1.807, 2.05) is 22.6 Å². The van der Waals surface area contributed by atoms with E-state index in [1.165, 1.54) is 16.8 Å². The minimum atomic E-state index is -0.926. The highest BCUT2D eigenvalue weighted by molar-refractivity contribution is 14.1. The summed E-state index contributed by atoms with van der Waals surface area (Å²) in [4.78, 5) is 10.5. The van der Waals surface area contributed by atoms with Crippen LogP contribution in [0.3, 0.4) is 0 Å². The highest BCUT2D eigenvalue weighted by Gasteiger charge is 2.13. The van der Waals surface area contributed by atoms with Crippen molar-refractivity contribution in [3.8, 4) is 11.4 Å². The Balaban J connectivity index is 2.33. The Morgan fingerprint density at radius 2 is 2.28 bits per heavy atom. The second-order valence-electron chi connectivity index (χ2n) is 3.49. The molecule has 0 unspecified atom stereocenters. The Bertz CT molecular complexity index is 587. The van der Waals surface area contributed by atoms with Gasteiger partial charge in [-0.15, -0.1) is 5.10 Å². The molecule has 94 valence electrons. The number of tetrazole rings is 1. The molecule has 0 saturated heterocycles. The van der Waals surface area contributed by atoms with Crippen LogP contribution in [0.15, 0.2) is 18.2 Å². The van der Waals surface area contributed by atoms with Crippen molar-refractivity contribution in [1.82, 2.24) is 20.2 Å². The molecule has 2 rings (SSSR count). The third-order valence-electron chi connectivity index (χ3n) is 2.24. The van der Waals surface area contributed by atoms with E-state index in [0.717, 1.165) is 0 Å². The minimum Gasteiger partial charge on any atom is -0.481 e. The summed E-state index contributed by atoms with van der Waals surface area (Å²) >= 11 is 1.98. The molecule has 0 aliphatic heterocycles. The number of rotatable bonds is 4. The SMILES string of the molecule is O=C(O)CCn1nnnc1-c1ccc(F)cc1I. The Morgan fingerprint density at radius 1 is 1.50 bits per heavy atom. The first kappa shape index (κ1) is 12.9. The molecular weight excluding hydrogens is 354 g/mol. The summed E-state index contributed by atoms with van der Waals surface area (Å²) in [5.74, 6) is -0.835. The van der Waals surface area contributed by atoms with Crippen LogP contribution < -0.4 is 0 Å². The van der Waals surface area contributed by atoms with Crippen molar-refractivity contribution < 1.29 is 14.3 Å². The van der Waals surface area contributed by atoms with Crippen LogP contribution in [-0.4, -0.2) is 31.3 Å². The first-order chi connectivity index (χ1) is 8.58. The molecule has 2 aromatic rings. The lowest BCUT2D eigenvalue weighted by atomic mass is 10.2. The number of carbonyl (C=O) groups is 1. The fraction of sp³-hybridized carbons (Fsp3) is 0.200. The van der Waals surface area contributed by atoms with Gasteiger partial charge in [0.25, 0.3) is 0 Å². The van der Waals surface area contributed by atoms with Crippen molar-refractivity contribution in [3.63, 3.8) is 0 Å². The number of benzene rings is 1. The number of carboxylic acids is 1. The standard InChI is InChI=1S/C10H8FIN4O2/c11-6-1-2-7(8(12)5-6)10-13-14-15-16(10)4-3-9(17)18/h1-2,5H,3-4H2,(H,17,18). The summed E-state index contributed by atoms with van der Waals surface area (Å²) in [6.07, 6.45) is -0.0736. The lowest BCUT2D eigenvalue weighted by Gasteiger charge is -2.05. The quantitative estimate of drug-likeness (QED) is 0.835. The van der Waals surface area contributed by atoms with Crippen molar-refractivity contribution >= 4 is 28.6 Å². The molecule has 1 aromatic heterocycles. The van der Waals surface area contributed by atoms with Crippen LogP contribution in [0.4, 0.5) is 4.39 Å². The second-order valence-corrected chi connectivity index (χ2v) is 4.66. The molecule has 1 aromatic carbocycles. The summed E-state index contributed by atoms with van der Waals surface area (Å²) in [6.45, 7) is 0.172. The number of hydrogen-bond donors (Lipinski definition) is 1. The van der Waals surface area contributed by atoms with Crippen LogP contribution in [0.5, 0.6) is 0 Å². The average molecular weight is 362 g/mol. The van der Waals surface area contributed by atoms with Gasteiger partial charge in [0, 0.05) is 9.13 Å². The molecule has 1 heterocycles. The zero-order valence-corrected chi connectivity index (χ0v) is 11.2. The molecule has 6 nitrogen and oxygen atoms in total. The Morgan fingerprint density at radius 3 is 2.94 bits per heavy atom. The van der Waals surface area contributed by atoms with Gasteiger partial charge < -0.3 is 5.11 Å². The third kappa shape index (κ3) is 2.81. The van der Waals surface area contributed by atoms with Gasteiger partial charge in [0.15, 0.2) is 5.82 Å². The summed E-state index contributed by atoms with van der Waals surface area (Å²) in [7, 11) is 0. The molecule has 8 heteroatoms. The summed E-state index contributed by atoms with van der Waals surface area (Å²) in [5, 5.41) is 19.7. The van der Waals surface area contributed by atoms with Crippen molar-refractivity contribution in [2.24, 2.45) is 0 Å². The molecule has 0 amide bonds. The Labute approximate surface area is 115 Å². The van der Waals surface area contributed by atoms with Gasteiger partial charge in [0.2, 0.25) is 0 Å². The van der Waals surface area contributed by atoms with Crippen molar-refractivity contribution in [2.75, 3.05) is 0 Å². The fourth-order valence-corrected chi connectivity index (χ4v) is 2.14. The largest absolute Gasteiger partial charge is 0.481 e. The number of aromatic nitrogens is 4. The molecule has 0 saturated carbocycles. The summed E-state index contributed by atoms with van der Waals surface area (Å²) in [5.41, 5.74) is 0.674. The van der Waals surface area contributed by atoms with Crippen LogP contribution in [0.25, 0.3) is 11.4 Å². The van der Waals surface area contributed by atoms with E-state index >= 15 is 0 Å². The molecule has 0 atom stereocenters. The van der Waals surface area contributed by atoms with E-state index in [9.17, 15) is 9.18 Å². The van der Waals surface area contributed by atoms with Crippen LogP contribution in [-0.2, 0) is 11.3 Å². The van der Waals surface area contributed by atoms with E-state index in [1.54, 1.807) is 6.07 Å². The topological polar surface area (TPSA) is 80.9 Å². The third-order valence-corrected chi connectivity index (χ3v) is 3.13. The maximum atomic E-state index is 13.0. The van der Waals surface area contributed by atoms with E-state index in [4.69, 9.17) is 5.11 Å². The van der Waals surface area contributed by atoms with Gasteiger partial charge in [-0.3, -0.25) is 4.79 Å². The fourth-order valence-electron chi connectivity index (χ4n) is 1.42. The lowest BCUT2D eigenvalue weighted by molar-refractivity contribution is -0.137. The predicted molar refractivity (Wildman–Crippen MR) is 68.2 cm³/mol. The van der Waals surface area contributed by atoms with Crippen molar-refractivity contribution in [3.05, 3.63) is 27.6 Å². The van der Waals surface area contributed by atoms with Crippen molar-refractivity contribution in [1.29, 1.82) is 0 Å². The molecule has 0 fully saturated rings. The minimum absolute atomic E-state index is 0.0736. The number of aliphatic carboxylic acids is 1. The van der Waals surface area contributed by atoms with Gasteiger partial charge in [-0.1, -0.05) is 0 Å². The van der Waals surface area contributed by atoms with E-state index < -0.39 is 5.97 Å². The van der Waals surface area contributed by atoms with E-state index in [0.29, 0.717) is 15.0 Å². The highest BCUT2D eigenvalue weighted by atomic mass is 127. The molecule has 1 N–H and O–H groups in total. The molecule has 0 spiro atoms.